The summed E-state index contributed by atoms with van der Waals surface area (Å²) in [6, 6.07) is 6.15. The summed E-state index contributed by atoms with van der Waals surface area (Å²) in [6.45, 7) is 0.710. The van der Waals surface area contributed by atoms with Gasteiger partial charge in [0.1, 0.15) is 10.7 Å². The second kappa shape index (κ2) is 7.46. The summed E-state index contributed by atoms with van der Waals surface area (Å²) in [5.41, 5.74) is -0.837. The van der Waals surface area contributed by atoms with Gasteiger partial charge in [0.15, 0.2) is 0 Å². The molecule has 27 heavy (non-hydrogen) atoms. The number of aromatic nitrogens is 1. The summed E-state index contributed by atoms with van der Waals surface area (Å²) in [5.74, 6) is 0.348. The molecule has 1 unspecified atom stereocenters. The average molecular weight is 440 g/mol. The molecule has 1 atom stereocenters. The smallest absolute Gasteiger partial charge is 0.355 e. The van der Waals surface area contributed by atoms with Crippen LogP contribution in [0.4, 0.5) is 19.0 Å². The number of nitrogens with zero attached hydrogens (tertiary/aromatic N) is 2. The van der Waals surface area contributed by atoms with Crippen molar-refractivity contribution >= 4 is 39.0 Å². The minimum Gasteiger partial charge on any atom is -0.355 e. The van der Waals surface area contributed by atoms with Gasteiger partial charge in [-0.25, -0.2) is 18.1 Å². The lowest BCUT2D eigenvalue weighted by Gasteiger charge is -2.19. The van der Waals surface area contributed by atoms with E-state index in [2.05, 4.69) is 9.71 Å². The van der Waals surface area contributed by atoms with Gasteiger partial charge < -0.3 is 4.90 Å². The first-order valence-corrected chi connectivity index (χ1v) is 10.1. The molecule has 1 fully saturated rings. The number of sulfonamides is 1. The van der Waals surface area contributed by atoms with E-state index in [0.29, 0.717) is 18.8 Å². The normalized spacial score (nSPS) is 18.1. The molecular formula is C16H14Cl2F3N3O2S. The third-order valence-electron chi connectivity index (χ3n) is 4.10. The third-order valence-corrected chi connectivity index (χ3v) is 6.57. The Morgan fingerprint density at radius 1 is 1.15 bits per heavy atom. The average Bonchev–Trinajstić information content (AvgIpc) is 3.01. The summed E-state index contributed by atoms with van der Waals surface area (Å²) in [7, 11) is -3.95. The molecule has 11 heteroatoms. The zero-order valence-corrected chi connectivity index (χ0v) is 16.0. The van der Waals surface area contributed by atoms with Gasteiger partial charge in [-0.15, -0.1) is 0 Å². The minimum atomic E-state index is -4.46. The molecule has 0 radical (unpaired) electrons. The van der Waals surface area contributed by atoms with Gasteiger partial charge in [-0.05, 0) is 30.7 Å². The van der Waals surface area contributed by atoms with Crippen LogP contribution in [0.15, 0.2) is 41.4 Å². The predicted octanol–water partition coefficient (Wildman–Crippen LogP) is 3.96. The van der Waals surface area contributed by atoms with E-state index >= 15 is 0 Å². The second-order valence-corrected chi connectivity index (χ2v) is 8.47. The van der Waals surface area contributed by atoms with Crippen molar-refractivity contribution in [2.75, 3.05) is 18.0 Å². The molecule has 2 heterocycles. The molecule has 2 aromatic rings. The van der Waals surface area contributed by atoms with E-state index in [-0.39, 0.29) is 21.5 Å². The number of benzene rings is 1. The molecule has 0 spiro atoms. The monoisotopic (exact) mass is 439 g/mol. The highest BCUT2D eigenvalue weighted by Crippen LogP contribution is 2.31. The Balaban J connectivity index is 1.71. The largest absolute Gasteiger partial charge is 0.417 e. The summed E-state index contributed by atoms with van der Waals surface area (Å²) in [6.07, 6.45) is -3.23. The Labute approximate surface area is 164 Å². The Bertz CT molecular complexity index is 917. The molecule has 1 saturated heterocycles. The topological polar surface area (TPSA) is 62.3 Å². The first kappa shape index (κ1) is 20.2. The van der Waals surface area contributed by atoms with Crippen LogP contribution in [0.25, 0.3) is 0 Å². The van der Waals surface area contributed by atoms with Gasteiger partial charge in [0.05, 0.1) is 15.6 Å². The number of halogens is 5. The van der Waals surface area contributed by atoms with Gasteiger partial charge >= 0.3 is 6.18 Å². The maximum atomic E-state index is 12.6. The molecule has 3 rings (SSSR count). The Hall–Kier alpha value is -1.55. The Kier molecular flexibility index (Phi) is 5.58. The van der Waals surface area contributed by atoms with Crippen molar-refractivity contribution in [3.05, 3.63) is 52.1 Å². The third kappa shape index (κ3) is 4.48. The summed E-state index contributed by atoms with van der Waals surface area (Å²) >= 11 is 11.9. The van der Waals surface area contributed by atoms with Crippen LogP contribution < -0.4 is 9.62 Å². The number of nitrogens with one attached hydrogen (secondary N) is 1. The van der Waals surface area contributed by atoms with Crippen molar-refractivity contribution in [3.8, 4) is 0 Å². The van der Waals surface area contributed by atoms with Gasteiger partial charge in [0.25, 0.3) is 0 Å². The molecule has 1 N–H and O–H groups in total. The molecule has 146 valence electrons. The molecule has 0 aliphatic carbocycles. The fourth-order valence-electron chi connectivity index (χ4n) is 2.82. The second-order valence-electron chi connectivity index (χ2n) is 6.01. The predicted molar refractivity (Wildman–Crippen MR) is 96.6 cm³/mol. The van der Waals surface area contributed by atoms with E-state index in [4.69, 9.17) is 23.2 Å². The molecule has 1 aliphatic rings. The van der Waals surface area contributed by atoms with Crippen LogP contribution >= 0.6 is 23.2 Å². The number of anilines is 1. The van der Waals surface area contributed by atoms with Crippen molar-refractivity contribution in [2.24, 2.45) is 0 Å². The lowest BCUT2D eigenvalue weighted by atomic mass is 10.3. The quantitative estimate of drug-likeness (QED) is 0.782. The van der Waals surface area contributed by atoms with Gasteiger partial charge in [-0.1, -0.05) is 29.3 Å². The molecule has 5 nitrogen and oxygen atoms in total. The standard InChI is InChI=1S/C16H14Cl2F3N3O2S/c17-12-2-1-3-13(18)15(12)27(25,26)23-11-6-7-24(9-11)14-5-4-10(8-22-14)16(19,20)21/h1-5,8,11,23H,6-7,9H2. The SMILES string of the molecule is O=S(=O)(NC1CCN(c2ccc(C(F)(F)F)cn2)C1)c1c(Cl)cccc1Cl. The first-order chi connectivity index (χ1) is 12.6. The number of pyridine rings is 1. The van der Waals surface area contributed by atoms with Gasteiger partial charge in [-0.3, -0.25) is 0 Å². The highest BCUT2D eigenvalue weighted by atomic mass is 35.5. The maximum absolute atomic E-state index is 12.6. The Morgan fingerprint density at radius 2 is 1.81 bits per heavy atom. The molecule has 1 aromatic heterocycles. The maximum Gasteiger partial charge on any atom is 0.417 e. The van der Waals surface area contributed by atoms with Crippen LogP contribution in [0.2, 0.25) is 10.0 Å². The van der Waals surface area contributed by atoms with E-state index in [1.54, 1.807) is 4.90 Å². The van der Waals surface area contributed by atoms with E-state index in [1.165, 1.54) is 24.3 Å². The van der Waals surface area contributed by atoms with Gasteiger partial charge in [0, 0.05) is 25.3 Å². The Morgan fingerprint density at radius 3 is 2.37 bits per heavy atom. The molecule has 0 bridgehead atoms. The molecular weight excluding hydrogens is 426 g/mol. The number of hydrogen-bond donors (Lipinski definition) is 1. The minimum absolute atomic E-state index is 0.00857. The zero-order chi connectivity index (χ0) is 19.8. The van der Waals surface area contributed by atoms with Crippen LogP contribution in [0.5, 0.6) is 0 Å². The van der Waals surface area contributed by atoms with Crippen LogP contribution in [0, 0.1) is 0 Å². The van der Waals surface area contributed by atoms with Crippen LogP contribution in [0.1, 0.15) is 12.0 Å². The van der Waals surface area contributed by atoms with Crippen LogP contribution in [-0.2, 0) is 16.2 Å². The summed E-state index contributed by atoms with van der Waals surface area (Å²) in [4.78, 5) is 5.35. The highest BCUT2D eigenvalue weighted by Gasteiger charge is 2.32. The van der Waals surface area contributed by atoms with E-state index < -0.39 is 27.8 Å². The van der Waals surface area contributed by atoms with Crippen molar-refractivity contribution in [1.82, 2.24) is 9.71 Å². The highest BCUT2D eigenvalue weighted by molar-refractivity contribution is 7.89. The van der Waals surface area contributed by atoms with E-state index in [1.807, 2.05) is 0 Å². The lowest BCUT2D eigenvalue weighted by molar-refractivity contribution is -0.137. The summed E-state index contributed by atoms with van der Waals surface area (Å²) < 4.78 is 65.6. The van der Waals surface area contributed by atoms with Crippen molar-refractivity contribution < 1.29 is 21.6 Å². The van der Waals surface area contributed by atoms with E-state index in [0.717, 1.165) is 12.3 Å². The first-order valence-electron chi connectivity index (χ1n) is 7.82. The zero-order valence-electron chi connectivity index (χ0n) is 13.7. The lowest BCUT2D eigenvalue weighted by Crippen LogP contribution is -2.37. The number of rotatable bonds is 4. The fourth-order valence-corrected chi connectivity index (χ4v) is 5.23. The molecule has 0 amide bonds. The number of hydrogen-bond acceptors (Lipinski definition) is 4. The molecule has 1 aliphatic heterocycles. The van der Waals surface area contributed by atoms with Crippen molar-refractivity contribution in [3.63, 3.8) is 0 Å². The summed E-state index contributed by atoms with van der Waals surface area (Å²) in [5, 5.41) is 0.0171. The molecule has 1 aromatic carbocycles. The van der Waals surface area contributed by atoms with Crippen LogP contribution in [0.3, 0.4) is 0 Å². The van der Waals surface area contributed by atoms with Crippen LogP contribution in [-0.4, -0.2) is 32.5 Å². The van der Waals surface area contributed by atoms with Crippen molar-refractivity contribution in [2.45, 2.75) is 23.5 Å². The van der Waals surface area contributed by atoms with Crippen molar-refractivity contribution in [1.29, 1.82) is 0 Å². The van der Waals surface area contributed by atoms with Gasteiger partial charge in [-0.2, -0.15) is 13.2 Å². The van der Waals surface area contributed by atoms with Gasteiger partial charge in [0.2, 0.25) is 10.0 Å². The number of alkyl halides is 3. The fraction of sp³-hybridized carbons (Fsp3) is 0.312. The molecule has 0 saturated carbocycles. The van der Waals surface area contributed by atoms with E-state index in [9.17, 15) is 21.6 Å².